The van der Waals surface area contributed by atoms with Crippen LogP contribution in [0.5, 0.6) is 0 Å². The molecule has 0 amide bonds. The van der Waals surface area contributed by atoms with Crippen LogP contribution >= 0.6 is 12.2 Å². The maximum Gasteiger partial charge on any atom is 0.257 e. The van der Waals surface area contributed by atoms with Crippen LogP contribution in [0.3, 0.4) is 0 Å². The van der Waals surface area contributed by atoms with Gasteiger partial charge in [-0.15, -0.1) is 0 Å². The van der Waals surface area contributed by atoms with Crippen LogP contribution in [0, 0.1) is 4.77 Å². The largest absolute Gasteiger partial charge is 0.338 e. The molecule has 0 aliphatic carbocycles. The summed E-state index contributed by atoms with van der Waals surface area (Å²) >= 11 is 4.93. The predicted molar refractivity (Wildman–Crippen MR) is 55.6 cm³/mol. The summed E-state index contributed by atoms with van der Waals surface area (Å²) < 4.78 is 1.91. The molecule has 0 atom stereocenters. The van der Waals surface area contributed by atoms with Gasteiger partial charge in [0.15, 0.2) is 4.77 Å². The second-order valence-corrected chi connectivity index (χ2v) is 4.51. The van der Waals surface area contributed by atoms with Gasteiger partial charge < -0.3 is 4.98 Å². The lowest BCUT2D eigenvalue weighted by atomic mass is 9.89. The standard InChI is InChI=1S/C9H14N2OS/c1-9(2,3)6-5-10-8(13)11(4)7(6)12/h5H,1-4H3,(H,10,13). The molecule has 0 saturated carbocycles. The molecule has 13 heavy (non-hydrogen) atoms. The third kappa shape index (κ3) is 1.88. The number of hydrogen-bond donors (Lipinski definition) is 1. The number of aromatic amines is 1. The number of H-pyrrole nitrogens is 1. The maximum absolute atomic E-state index is 11.7. The van der Waals surface area contributed by atoms with E-state index in [-0.39, 0.29) is 11.0 Å². The second kappa shape index (κ2) is 3.10. The minimum Gasteiger partial charge on any atom is -0.338 e. The number of rotatable bonds is 0. The Bertz CT molecular complexity index is 422. The maximum atomic E-state index is 11.7. The quantitative estimate of drug-likeness (QED) is 0.645. The van der Waals surface area contributed by atoms with E-state index in [0.717, 1.165) is 5.56 Å². The molecular weight excluding hydrogens is 184 g/mol. The molecule has 0 aliphatic heterocycles. The Morgan fingerprint density at radius 2 is 2.00 bits per heavy atom. The van der Waals surface area contributed by atoms with Crippen molar-refractivity contribution in [3.8, 4) is 0 Å². The first-order valence-electron chi connectivity index (χ1n) is 4.13. The van der Waals surface area contributed by atoms with Gasteiger partial charge >= 0.3 is 0 Å². The third-order valence-corrected chi connectivity index (χ3v) is 2.38. The lowest BCUT2D eigenvalue weighted by Crippen LogP contribution is -2.29. The minimum absolute atomic E-state index is 0.0174. The van der Waals surface area contributed by atoms with E-state index in [2.05, 4.69) is 4.98 Å². The van der Waals surface area contributed by atoms with Crippen molar-refractivity contribution in [1.82, 2.24) is 9.55 Å². The Hall–Kier alpha value is -0.900. The summed E-state index contributed by atoms with van der Waals surface area (Å²) in [7, 11) is 1.68. The Morgan fingerprint density at radius 3 is 2.46 bits per heavy atom. The molecule has 0 bridgehead atoms. The van der Waals surface area contributed by atoms with Crippen LogP contribution in [0.15, 0.2) is 11.0 Å². The first-order valence-corrected chi connectivity index (χ1v) is 4.54. The van der Waals surface area contributed by atoms with Gasteiger partial charge in [-0.2, -0.15) is 0 Å². The molecule has 4 heteroatoms. The molecule has 1 rings (SSSR count). The third-order valence-electron chi connectivity index (χ3n) is 1.99. The smallest absolute Gasteiger partial charge is 0.257 e. The van der Waals surface area contributed by atoms with E-state index in [1.165, 1.54) is 4.57 Å². The van der Waals surface area contributed by atoms with E-state index >= 15 is 0 Å². The molecular formula is C9H14N2OS. The first-order chi connectivity index (χ1) is 5.84. The summed E-state index contributed by atoms with van der Waals surface area (Å²) in [4.78, 5) is 14.6. The fourth-order valence-electron chi connectivity index (χ4n) is 1.10. The molecule has 0 spiro atoms. The Balaban J connectivity index is 3.54. The van der Waals surface area contributed by atoms with Crippen molar-refractivity contribution in [3.05, 3.63) is 26.9 Å². The molecule has 0 fully saturated rings. The Labute approximate surface area is 82.4 Å². The van der Waals surface area contributed by atoms with Gasteiger partial charge in [0.05, 0.1) is 0 Å². The van der Waals surface area contributed by atoms with E-state index in [1.807, 2.05) is 20.8 Å². The highest BCUT2D eigenvalue weighted by atomic mass is 32.1. The molecule has 0 radical (unpaired) electrons. The van der Waals surface area contributed by atoms with E-state index in [9.17, 15) is 4.79 Å². The van der Waals surface area contributed by atoms with Crippen LogP contribution in [0.25, 0.3) is 0 Å². The molecule has 1 aromatic heterocycles. The van der Waals surface area contributed by atoms with Gasteiger partial charge in [0.25, 0.3) is 5.56 Å². The van der Waals surface area contributed by atoms with Crippen molar-refractivity contribution >= 4 is 12.2 Å². The van der Waals surface area contributed by atoms with Gasteiger partial charge in [-0.1, -0.05) is 20.8 Å². The monoisotopic (exact) mass is 198 g/mol. The summed E-state index contributed by atoms with van der Waals surface area (Å²) in [5.74, 6) is 0. The summed E-state index contributed by atoms with van der Waals surface area (Å²) in [5, 5.41) is 0. The molecule has 0 saturated heterocycles. The Kier molecular flexibility index (Phi) is 2.43. The zero-order valence-electron chi connectivity index (χ0n) is 8.34. The van der Waals surface area contributed by atoms with Crippen molar-refractivity contribution in [3.63, 3.8) is 0 Å². The van der Waals surface area contributed by atoms with Gasteiger partial charge in [0, 0.05) is 18.8 Å². The average Bonchev–Trinajstić information content (AvgIpc) is 1.98. The van der Waals surface area contributed by atoms with Gasteiger partial charge in [-0.3, -0.25) is 9.36 Å². The van der Waals surface area contributed by atoms with Gasteiger partial charge in [0.1, 0.15) is 0 Å². The van der Waals surface area contributed by atoms with Crippen LogP contribution in [-0.2, 0) is 12.5 Å². The van der Waals surface area contributed by atoms with E-state index in [4.69, 9.17) is 12.2 Å². The summed E-state index contributed by atoms with van der Waals surface area (Å²) in [6, 6.07) is 0. The van der Waals surface area contributed by atoms with Gasteiger partial charge in [-0.25, -0.2) is 0 Å². The zero-order chi connectivity index (χ0) is 10.2. The van der Waals surface area contributed by atoms with E-state index in [0.29, 0.717) is 4.77 Å². The molecule has 0 unspecified atom stereocenters. The Morgan fingerprint density at radius 1 is 1.46 bits per heavy atom. The number of nitrogens with zero attached hydrogens (tertiary/aromatic N) is 1. The molecule has 0 aliphatic rings. The molecule has 72 valence electrons. The van der Waals surface area contributed by atoms with E-state index in [1.54, 1.807) is 13.2 Å². The molecule has 1 heterocycles. The number of nitrogens with one attached hydrogen (secondary N) is 1. The molecule has 1 aromatic rings. The molecule has 0 aromatic carbocycles. The van der Waals surface area contributed by atoms with Crippen LogP contribution in [0.4, 0.5) is 0 Å². The highest BCUT2D eigenvalue weighted by molar-refractivity contribution is 7.71. The fourth-order valence-corrected chi connectivity index (χ4v) is 1.24. The fraction of sp³-hybridized carbons (Fsp3) is 0.556. The number of hydrogen-bond acceptors (Lipinski definition) is 2. The van der Waals surface area contributed by atoms with Crippen LogP contribution in [0.2, 0.25) is 0 Å². The summed E-state index contributed by atoms with van der Waals surface area (Å²) in [6.07, 6.45) is 1.70. The second-order valence-electron chi connectivity index (χ2n) is 4.12. The van der Waals surface area contributed by atoms with Crippen molar-refractivity contribution in [1.29, 1.82) is 0 Å². The van der Waals surface area contributed by atoms with Crippen molar-refractivity contribution < 1.29 is 0 Å². The normalized spacial score (nSPS) is 11.7. The summed E-state index contributed by atoms with van der Waals surface area (Å²) in [5.41, 5.74) is 0.592. The van der Waals surface area contributed by atoms with Crippen molar-refractivity contribution in [2.24, 2.45) is 7.05 Å². The van der Waals surface area contributed by atoms with Gasteiger partial charge in [0.2, 0.25) is 0 Å². The first kappa shape index (κ1) is 10.2. The lowest BCUT2D eigenvalue weighted by molar-refractivity contribution is 0.566. The van der Waals surface area contributed by atoms with Crippen LogP contribution in [-0.4, -0.2) is 9.55 Å². The van der Waals surface area contributed by atoms with Gasteiger partial charge in [-0.05, 0) is 17.6 Å². The minimum atomic E-state index is -0.144. The highest BCUT2D eigenvalue weighted by Crippen LogP contribution is 2.16. The van der Waals surface area contributed by atoms with Crippen LogP contribution in [0.1, 0.15) is 26.3 Å². The SMILES string of the molecule is Cn1c(=S)[nH]cc(C(C)(C)C)c1=O. The lowest BCUT2D eigenvalue weighted by Gasteiger charge is -2.17. The number of aromatic nitrogens is 2. The molecule has 1 N–H and O–H groups in total. The van der Waals surface area contributed by atoms with E-state index < -0.39 is 0 Å². The van der Waals surface area contributed by atoms with Crippen molar-refractivity contribution in [2.75, 3.05) is 0 Å². The van der Waals surface area contributed by atoms with Crippen molar-refractivity contribution in [2.45, 2.75) is 26.2 Å². The highest BCUT2D eigenvalue weighted by Gasteiger charge is 2.18. The zero-order valence-corrected chi connectivity index (χ0v) is 9.16. The average molecular weight is 198 g/mol. The molecule has 3 nitrogen and oxygen atoms in total. The topological polar surface area (TPSA) is 37.8 Å². The summed E-state index contributed by atoms with van der Waals surface area (Å²) in [6.45, 7) is 6.00. The van der Waals surface area contributed by atoms with Crippen LogP contribution < -0.4 is 5.56 Å². The predicted octanol–water partition coefficient (Wildman–Crippen LogP) is 1.74.